The second-order valence-electron chi connectivity index (χ2n) is 8.25. The minimum Gasteiger partial charge on any atom is -0.342 e. The second kappa shape index (κ2) is 9.74. The maximum absolute atomic E-state index is 13.3. The van der Waals surface area contributed by atoms with Crippen molar-refractivity contribution in [3.63, 3.8) is 0 Å². The molecule has 1 fully saturated rings. The van der Waals surface area contributed by atoms with Crippen LogP contribution in [0, 0.1) is 0 Å². The lowest BCUT2D eigenvalue weighted by molar-refractivity contribution is -0.122. The average molecular weight is 466 g/mol. The van der Waals surface area contributed by atoms with E-state index in [1.165, 1.54) is 22.9 Å². The highest BCUT2D eigenvalue weighted by atomic mass is 32.2. The van der Waals surface area contributed by atoms with E-state index in [0.29, 0.717) is 11.4 Å². The first-order valence-electron chi connectivity index (χ1n) is 11.7. The van der Waals surface area contributed by atoms with Gasteiger partial charge in [-0.1, -0.05) is 73.7 Å². The smallest absolute Gasteiger partial charge is 0.266 e. The molecule has 2 heterocycles. The summed E-state index contributed by atoms with van der Waals surface area (Å²) in [4.78, 5) is 20.6. The zero-order chi connectivity index (χ0) is 23.5. The Kier molecular flexibility index (Phi) is 6.37. The summed E-state index contributed by atoms with van der Waals surface area (Å²) in [6.07, 6.45) is 5.07. The summed E-state index contributed by atoms with van der Waals surface area (Å²) in [5.41, 5.74) is 5.57. The number of fused-ring (bicyclic) bond motifs is 1. The Bertz CT molecular complexity index is 1400. The molecule has 0 saturated carbocycles. The van der Waals surface area contributed by atoms with Gasteiger partial charge in [-0.25, -0.2) is 4.99 Å². The van der Waals surface area contributed by atoms with Crippen molar-refractivity contribution < 1.29 is 4.79 Å². The fraction of sp³-hybridized carbons (Fsp3) is 0.172. The monoisotopic (exact) mass is 465 g/mol. The molecule has 1 aromatic heterocycles. The number of amidine groups is 1. The molecule has 4 aromatic rings. The van der Waals surface area contributed by atoms with Crippen LogP contribution in [0.4, 0.5) is 5.69 Å². The quantitative estimate of drug-likeness (QED) is 0.291. The van der Waals surface area contributed by atoms with Gasteiger partial charge in [0.05, 0.1) is 10.6 Å². The molecular formula is C29H27N3OS. The van der Waals surface area contributed by atoms with Crippen LogP contribution >= 0.6 is 11.8 Å². The summed E-state index contributed by atoms with van der Waals surface area (Å²) in [5, 5.41) is 1.89. The summed E-state index contributed by atoms with van der Waals surface area (Å²) >= 11 is 1.46. The van der Waals surface area contributed by atoms with Crippen molar-refractivity contribution >= 4 is 45.5 Å². The first-order valence-corrected chi connectivity index (χ1v) is 12.5. The van der Waals surface area contributed by atoms with Crippen LogP contribution in [0.1, 0.15) is 30.5 Å². The van der Waals surface area contributed by atoms with Crippen molar-refractivity contribution in [1.29, 1.82) is 0 Å². The zero-order valence-corrected chi connectivity index (χ0v) is 20.3. The van der Waals surface area contributed by atoms with E-state index in [1.807, 2.05) is 43.3 Å². The topological polar surface area (TPSA) is 37.6 Å². The molecule has 5 heteroatoms. The molecule has 0 radical (unpaired) electrons. The normalized spacial score (nSPS) is 16.3. The van der Waals surface area contributed by atoms with Crippen molar-refractivity contribution in [1.82, 2.24) is 9.47 Å². The number of aromatic nitrogens is 1. The Balaban J connectivity index is 1.53. The maximum atomic E-state index is 13.3. The van der Waals surface area contributed by atoms with Crippen molar-refractivity contribution in [3.8, 4) is 0 Å². The number of hydrogen-bond acceptors (Lipinski definition) is 3. The molecule has 0 unspecified atom stereocenters. The predicted molar refractivity (Wildman–Crippen MR) is 143 cm³/mol. The summed E-state index contributed by atoms with van der Waals surface area (Å²) in [6.45, 7) is 5.49. The fourth-order valence-corrected chi connectivity index (χ4v) is 5.38. The molecule has 4 nitrogen and oxygen atoms in total. The molecular weight excluding hydrogens is 438 g/mol. The lowest BCUT2D eigenvalue weighted by Crippen LogP contribution is -2.28. The molecule has 34 heavy (non-hydrogen) atoms. The highest BCUT2D eigenvalue weighted by Crippen LogP contribution is 2.36. The van der Waals surface area contributed by atoms with E-state index in [0.717, 1.165) is 40.3 Å². The van der Waals surface area contributed by atoms with Crippen LogP contribution in [0.3, 0.4) is 0 Å². The third-order valence-corrected chi connectivity index (χ3v) is 7.10. The van der Waals surface area contributed by atoms with E-state index in [2.05, 4.69) is 66.2 Å². The number of hydrogen-bond donors (Lipinski definition) is 0. The van der Waals surface area contributed by atoms with E-state index in [9.17, 15) is 4.79 Å². The zero-order valence-electron chi connectivity index (χ0n) is 19.4. The van der Waals surface area contributed by atoms with Crippen LogP contribution < -0.4 is 0 Å². The number of carbonyl (C=O) groups is 1. The summed E-state index contributed by atoms with van der Waals surface area (Å²) < 4.78 is 2.26. The number of benzene rings is 3. The number of carbonyl (C=O) groups excluding carboxylic acids is 1. The maximum Gasteiger partial charge on any atom is 0.266 e. The molecule has 170 valence electrons. The molecule has 5 rings (SSSR count). The van der Waals surface area contributed by atoms with Crippen LogP contribution in [0.5, 0.6) is 0 Å². The first kappa shape index (κ1) is 22.2. The van der Waals surface area contributed by atoms with E-state index in [1.54, 1.807) is 4.90 Å². The highest BCUT2D eigenvalue weighted by Gasteiger charge is 2.32. The van der Waals surface area contributed by atoms with Crippen LogP contribution in [-0.4, -0.2) is 27.1 Å². The molecule has 1 aliphatic rings. The first-order chi connectivity index (χ1) is 16.7. The highest BCUT2D eigenvalue weighted by molar-refractivity contribution is 8.18. The standard InChI is InChI=1S/C29H27N3OS/c1-3-22-14-8-10-16-25(22)30-29-32(4-2)28(33)27(34-29)18-23-20-31(19-21-12-6-5-7-13-21)26-17-11-9-15-24(23)26/h5-18,20H,3-4,19H2,1-2H3/b27-18+,30-29?. The van der Waals surface area contributed by atoms with Crippen molar-refractivity contribution in [2.75, 3.05) is 6.54 Å². The predicted octanol–water partition coefficient (Wildman–Crippen LogP) is 6.88. The minimum atomic E-state index is 0.0140. The van der Waals surface area contributed by atoms with Gasteiger partial charge in [-0.3, -0.25) is 9.69 Å². The lowest BCUT2D eigenvalue weighted by atomic mass is 10.1. The van der Waals surface area contributed by atoms with Crippen molar-refractivity contribution in [2.45, 2.75) is 26.8 Å². The molecule has 3 aromatic carbocycles. The molecule has 0 spiro atoms. The van der Waals surface area contributed by atoms with Crippen molar-refractivity contribution in [2.24, 2.45) is 4.99 Å². The number of aliphatic imine (C=N–C) groups is 1. The number of thioether (sulfide) groups is 1. The molecule has 1 saturated heterocycles. The second-order valence-corrected chi connectivity index (χ2v) is 9.26. The Hall–Kier alpha value is -3.57. The van der Waals surface area contributed by atoms with Gasteiger partial charge in [0, 0.05) is 35.8 Å². The molecule has 1 aliphatic heterocycles. The van der Waals surface area contributed by atoms with Crippen LogP contribution in [-0.2, 0) is 17.8 Å². The third-order valence-electron chi connectivity index (χ3n) is 6.09. The third kappa shape index (κ3) is 4.31. The van der Waals surface area contributed by atoms with Gasteiger partial charge in [0.15, 0.2) is 5.17 Å². The molecule has 0 aliphatic carbocycles. The summed E-state index contributed by atoms with van der Waals surface area (Å²) in [7, 11) is 0. The van der Waals surface area contributed by atoms with Gasteiger partial charge in [-0.15, -0.1) is 0 Å². The Labute approximate surface area is 204 Å². The molecule has 0 N–H and O–H groups in total. The number of nitrogens with zero attached hydrogens (tertiary/aromatic N) is 3. The summed E-state index contributed by atoms with van der Waals surface area (Å²) in [6, 6.07) is 26.9. The minimum absolute atomic E-state index is 0.0140. The van der Waals surface area contributed by atoms with E-state index in [4.69, 9.17) is 4.99 Å². The Morgan fingerprint density at radius 2 is 1.65 bits per heavy atom. The number of amides is 1. The van der Waals surface area contributed by atoms with Crippen LogP contribution in [0.15, 0.2) is 95.0 Å². The number of para-hydroxylation sites is 2. The van der Waals surface area contributed by atoms with Gasteiger partial charge in [0.1, 0.15) is 0 Å². The molecule has 1 amide bonds. The van der Waals surface area contributed by atoms with E-state index >= 15 is 0 Å². The van der Waals surface area contributed by atoms with Gasteiger partial charge < -0.3 is 4.57 Å². The Morgan fingerprint density at radius 3 is 2.44 bits per heavy atom. The van der Waals surface area contributed by atoms with Gasteiger partial charge >= 0.3 is 0 Å². The lowest BCUT2D eigenvalue weighted by Gasteiger charge is -2.12. The largest absolute Gasteiger partial charge is 0.342 e. The van der Waals surface area contributed by atoms with Gasteiger partial charge in [-0.2, -0.15) is 0 Å². The fourth-order valence-electron chi connectivity index (χ4n) is 4.33. The van der Waals surface area contributed by atoms with E-state index in [-0.39, 0.29) is 5.91 Å². The number of rotatable bonds is 6. The van der Waals surface area contributed by atoms with E-state index < -0.39 is 0 Å². The average Bonchev–Trinajstić information content (AvgIpc) is 3.36. The SMILES string of the molecule is CCc1ccccc1N=C1S/C(=C/c2cn(Cc3ccccc3)c3ccccc23)C(=O)N1CC. The Morgan fingerprint density at radius 1 is 0.912 bits per heavy atom. The van der Waals surface area contributed by atoms with Gasteiger partial charge in [0.2, 0.25) is 0 Å². The number of aryl methyl sites for hydroxylation is 1. The molecule has 0 atom stereocenters. The molecule has 0 bridgehead atoms. The summed E-state index contributed by atoms with van der Waals surface area (Å²) in [5.74, 6) is 0.0140. The van der Waals surface area contributed by atoms with Crippen LogP contribution in [0.2, 0.25) is 0 Å². The number of likely N-dealkylation sites (N-methyl/N-ethyl adjacent to an activating group) is 1. The van der Waals surface area contributed by atoms with Crippen LogP contribution in [0.25, 0.3) is 17.0 Å². The van der Waals surface area contributed by atoms with Gasteiger partial charge in [0.25, 0.3) is 5.91 Å². The van der Waals surface area contributed by atoms with Gasteiger partial charge in [-0.05, 0) is 54.4 Å². The van der Waals surface area contributed by atoms with Crippen molar-refractivity contribution in [3.05, 3.63) is 107 Å².